The van der Waals surface area contributed by atoms with Gasteiger partial charge in [-0.1, -0.05) is 0 Å². The molecule has 0 N–H and O–H groups in total. The monoisotopic (exact) mass is 247 g/mol. The van der Waals surface area contributed by atoms with E-state index in [9.17, 15) is 9.59 Å². The Morgan fingerprint density at radius 3 is 2.41 bits per heavy atom. The summed E-state index contributed by atoms with van der Waals surface area (Å²) in [5, 5.41) is 0. The molecule has 0 heterocycles. The Morgan fingerprint density at radius 1 is 1.18 bits per heavy atom. The summed E-state index contributed by atoms with van der Waals surface area (Å²) in [5.74, 6) is -0.455. The van der Waals surface area contributed by atoms with Gasteiger partial charge in [0.15, 0.2) is 0 Å². The van der Waals surface area contributed by atoms with Crippen molar-refractivity contribution < 1.29 is 23.8 Å². The van der Waals surface area contributed by atoms with Crippen LogP contribution in [0.15, 0.2) is 0 Å². The number of ether oxygens (including phenoxy) is 3. The normalized spacial score (nSPS) is 10.1. The van der Waals surface area contributed by atoms with Gasteiger partial charge in [0.05, 0.1) is 26.7 Å². The summed E-state index contributed by atoms with van der Waals surface area (Å²) in [7, 11) is 2.90. The Labute approximate surface area is 102 Å². The van der Waals surface area contributed by atoms with E-state index in [1.807, 2.05) is 6.92 Å². The van der Waals surface area contributed by atoms with E-state index in [0.29, 0.717) is 26.3 Å². The predicted molar refractivity (Wildman–Crippen MR) is 61.6 cm³/mol. The molecule has 0 bridgehead atoms. The van der Waals surface area contributed by atoms with Crippen LogP contribution in [0.5, 0.6) is 0 Å². The first kappa shape index (κ1) is 15.9. The molecule has 0 aliphatic heterocycles. The van der Waals surface area contributed by atoms with E-state index in [1.54, 1.807) is 12.0 Å². The number of esters is 1. The Morgan fingerprint density at radius 2 is 1.88 bits per heavy atom. The van der Waals surface area contributed by atoms with E-state index in [1.165, 1.54) is 7.11 Å². The molecule has 100 valence electrons. The highest BCUT2D eigenvalue weighted by atomic mass is 16.5. The second-order valence-electron chi connectivity index (χ2n) is 3.34. The van der Waals surface area contributed by atoms with Gasteiger partial charge in [0.1, 0.15) is 6.61 Å². The maximum Gasteiger partial charge on any atom is 0.307 e. The fourth-order valence-electron chi connectivity index (χ4n) is 1.18. The van der Waals surface area contributed by atoms with Gasteiger partial charge >= 0.3 is 5.97 Å². The molecule has 0 aromatic rings. The van der Waals surface area contributed by atoms with Gasteiger partial charge in [-0.25, -0.2) is 0 Å². The summed E-state index contributed by atoms with van der Waals surface area (Å²) >= 11 is 0. The van der Waals surface area contributed by atoms with Gasteiger partial charge in [0.2, 0.25) is 5.91 Å². The van der Waals surface area contributed by atoms with Gasteiger partial charge < -0.3 is 19.1 Å². The van der Waals surface area contributed by atoms with Crippen molar-refractivity contribution in [2.24, 2.45) is 0 Å². The van der Waals surface area contributed by atoms with Gasteiger partial charge in [-0.15, -0.1) is 0 Å². The molecule has 0 unspecified atom stereocenters. The fraction of sp³-hybridized carbons (Fsp3) is 0.818. The number of carbonyl (C=O) groups excluding carboxylic acids is 2. The SMILES string of the molecule is CCN(CCC(=O)OC)C(=O)COCCOC. The maximum atomic E-state index is 11.6. The summed E-state index contributed by atoms with van der Waals surface area (Å²) < 4.78 is 14.4. The smallest absolute Gasteiger partial charge is 0.307 e. The van der Waals surface area contributed by atoms with Crippen LogP contribution in [0, 0.1) is 0 Å². The lowest BCUT2D eigenvalue weighted by Gasteiger charge is -2.20. The van der Waals surface area contributed by atoms with Crippen molar-refractivity contribution >= 4 is 11.9 Å². The molecule has 0 fully saturated rings. The van der Waals surface area contributed by atoms with E-state index in [0.717, 1.165) is 0 Å². The maximum absolute atomic E-state index is 11.6. The number of likely N-dealkylation sites (N-methyl/N-ethyl adjacent to an activating group) is 1. The lowest BCUT2D eigenvalue weighted by Crippen LogP contribution is -2.35. The predicted octanol–water partition coefficient (Wildman–Crippen LogP) is 0.0610. The van der Waals surface area contributed by atoms with Crippen molar-refractivity contribution in [2.75, 3.05) is 47.1 Å². The molecule has 0 aromatic heterocycles. The van der Waals surface area contributed by atoms with Crippen molar-refractivity contribution in [3.05, 3.63) is 0 Å². The first-order chi connectivity index (χ1) is 8.15. The van der Waals surface area contributed by atoms with Crippen molar-refractivity contribution in [1.29, 1.82) is 0 Å². The molecular weight excluding hydrogens is 226 g/mol. The average Bonchev–Trinajstić information content (AvgIpc) is 2.35. The third-order valence-electron chi connectivity index (χ3n) is 2.21. The molecule has 1 amide bonds. The molecule has 0 saturated heterocycles. The molecule has 6 nitrogen and oxygen atoms in total. The molecule has 0 aromatic carbocycles. The van der Waals surface area contributed by atoms with Crippen molar-refractivity contribution in [2.45, 2.75) is 13.3 Å². The Balaban J connectivity index is 3.83. The first-order valence-corrected chi connectivity index (χ1v) is 5.57. The van der Waals surface area contributed by atoms with E-state index in [4.69, 9.17) is 9.47 Å². The second kappa shape index (κ2) is 10.0. The highest BCUT2D eigenvalue weighted by Crippen LogP contribution is 1.95. The van der Waals surface area contributed by atoms with Gasteiger partial charge in [0, 0.05) is 20.2 Å². The summed E-state index contributed by atoms with van der Waals surface area (Å²) in [6.45, 7) is 3.61. The first-order valence-electron chi connectivity index (χ1n) is 5.57. The van der Waals surface area contributed by atoms with E-state index in [-0.39, 0.29) is 24.9 Å². The molecule has 0 radical (unpaired) electrons. The third kappa shape index (κ3) is 7.70. The lowest BCUT2D eigenvalue weighted by atomic mass is 10.3. The van der Waals surface area contributed by atoms with Crippen LogP contribution in [0.2, 0.25) is 0 Å². The minimum Gasteiger partial charge on any atom is -0.469 e. The quantitative estimate of drug-likeness (QED) is 0.426. The van der Waals surface area contributed by atoms with Crippen LogP contribution < -0.4 is 0 Å². The van der Waals surface area contributed by atoms with E-state index in [2.05, 4.69) is 4.74 Å². The minimum atomic E-state index is -0.323. The number of carbonyl (C=O) groups is 2. The van der Waals surface area contributed by atoms with Crippen LogP contribution in [-0.4, -0.2) is 63.9 Å². The van der Waals surface area contributed by atoms with Gasteiger partial charge in [-0.2, -0.15) is 0 Å². The van der Waals surface area contributed by atoms with Gasteiger partial charge in [0.25, 0.3) is 0 Å². The van der Waals surface area contributed by atoms with Crippen molar-refractivity contribution in [3.63, 3.8) is 0 Å². The number of hydrogen-bond donors (Lipinski definition) is 0. The van der Waals surface area contributed by atoms with Crippen LogP contribution in [0.25, 0.3) is 0 Å². The van der Waals surface area contributed by atoms with Crippen LogP contribution in [-0.2, 0) is 23.8 Å². The van der Waals surface area contributed by atoms with Crippen LogP contribution >= 0.6 is 0 Å². The number of rotatable bonds is 9. The van der Waals surface area contributed by atoms with Gasteiger partial charge in [-0.05, 0) is 6.92 Å². The molecule has 0 rings (SSSR count). The lowest BCUT2D eigenvalue weighted by molar-refractivity contribution is -0.142. The average molecular weight is 247 g/mol. The summed E-state index contributed by atoms with van der Waals surface area (Å²) in [6, 6.07) is 0. The zero-order valence-electron chi connectivity index (χ0n) is 10.7. The number of hydrogen-bond acceptors (Lipinski definition) is 5. The van der Waals surface area contributed by atoms with Crippen molar-refractivity contribution in [1.82, 2.24) is 4.90 Å². The number of methoxy groups -OCH3 is 2. The molecule has 0 spiro atoms. The van der Waals surface area contributed by atoms with Crippen LogP contribution in [0.3, 0.4) is 0 Å². The summed E-state index contributed by atoms with van der Waals surface area (Å²) in [4.78, 5) is 24.2. The van der Waals surface area contributed by atoms with E-state index < -0.39 is 0 Å². The highest BCUT2D eigenvalue weighted by molar-refractivity contribution is 5.78. The molecular formula is C11H21NO5. The van der Waals surface area contributed by atoms with Crippen molar-refractivity contribution in [3.8, 4) is 0 Å². The zero-order chi connectivity index (χ0) is 13.1. The standard InChI is InChI=1S/C11H21NO5/c1-4-12(6-5-11(14)16-3)10(13)9-17-8-7-15-2/h4-9H2,1-3H3. The summed E-state index contributed by atoms with van der Waals surface area (Å²) in [5.41, 5.74) is 0. The minimum absolute atomic E-state index is 0.0123. The second-order valence-corrected chi connectivity index (χ2v) is 3.34. The van der Waals surface area contributed by atoms with Gasteiger partial charge in [-0.3, -0.25) is 9.59 Å². The topological polar surface area (TPSA) is 65.1 Å². The molecule has 0 aliphatic rings. The third-order valence-corrected chi connectivity index (χ3v) is 2.21. The summed E-state index contributed by atoms with van der Waals surface area (Å²) in [6.07, 6.45) is 0.203. The Hall–Kier alpha value is -1.14. The Kier molecular flexibility index (Phi) is 9.37. The zero-order valence-corrected chi connectivity index (χ0v) is 10.7. The van der Waals surface area contributed by atoms with Crippen LogP contribution in [0.4, 0.5) is 0 Å². The largest absolute Gasteiger partial charge is 0.469 e. The van der Waals surface area contributed by atoms with Crippen LogP contribution in [0.1, 0.15) is 13.3 Å². The Bertz CT molecular complexity index is 232. The number of nitrogens with zero attached hydrogens (tertiary/aromatic N) is 1. The molecule has 17 heavy (non-hydrogen) atoms. The fourth-order valence-corrected chi connectivity index (χ4v) is 1.18. The molecule has 6 heteroatoms. The number of amides is 1. The highest BCUT2D eigenvalue weighted by Gasteiger charge is 2.13. The van der Waals surface area contributed by atoms with E-state index >= 15 is 0 Å². The molecule has 0 atom stereocenters. The molecule has 0 saturated carbocycles. The molecule has 0 aliphatic carbocycles.